The second kappa shape index (κ2) is 10.7. The van der Waals surface area contributed by atoms with E-state index in [2.05, 4.69) is 0 Å². The number of aromatic nitrogens is 1. The van der Waals surface area contributed by atoms with E-state index in [1.807, 2.05) is 6.92 Å². The maximum atomic E-state index is 13.5. The summed E-state index contributed by atoms with van der Waals surface area (Å²) < 4.78 is 38.1. The molecule has 0 aliphatic carbocycles. The molecule has 1 atom stereocenters. The number of rotatable bonds is 10. The van der Waals surface area contributed by atoms with Gasteiger partial charge in [0.15, 0.2) is 5.92 Å². The van der Waals surface area contributed by atoms with Gasteiger partial charge in [0.05, 0.1) is 29.5 Å². The van der Waals surface area contributed by atoms with E-state index in [1.165, 1.54) is 18.3 Å². The Balaban J connectivity index is 2.27. The van der Waals surface area contributed by atoms with Gasteiger partial charge in [0.1, 0.15) is 0 Å². The summed E-state index contributed by atoms with van der Waals surface area (Å²) >= 11 is 0. The van der Waals surface area contributed by atoms with Gasteiger partial charge in [0.2, 0.25) is 6.54 Å². The van der Waals surface area contributed by atoms with Crippen molar-refractivity contribution >= 4 is 32.9 Å². The molecule has 35 heavy (non-hydrogen) atoms. The summed E-state index contributed by atoms with van der Waals surface area (Å²) in [6.45, 7) is 3.99. The number of hydrogen-bond acceptors (Lipinski definition) is 8. The van der Waals surface area contributed by atoms with Gasteiger partial charge in [0, 0.05) is 16.5 Å². The lowest BCUT2D eigenvalue weighted by Gasteiger charge is -2.21. The molecule has 0 saturated heterocycles. The molecule has 0 aliphatic heterocycles. The third kappa shape index (κ3) is 5.35. The third-order valence-corrected chi connectivity index (χ3v) is 7.20. The summed E-state index contributed by atoms with van der Waals surface area (Å²) in [5.41, 5.74) is 1.28. The highest BCUT2D eigenvalue weighted by Crippen LogP contribution is 2.36. The fourth-order valence-electron chi connectivity index (χ4n) is 3.93. The van der Waals surface area contributed by atoms with Gasteiger partial charge in [-0.05, 0) is 44.5 Å². The Kier molecular flexibility index (Phi) is 7.90. The summed E-state index contributed by atoms with van der Waals surface area (Å²) in [6, 6.07) is 12.7. The maximum Gasteiger partial charge on any atom is 0.321 e. The summed E-state index contributed by atoms with van der Waals surface area (Å²) in [5.74, 6) is -4.93. The normalized spacial score (nSPS) is 12.5. The van der Waals surface area contributed by atoms with Gasteiger partial charge in [-0.25, -0.2) is 12.4 Å². The van der Waals surface area contributed by atoms with Gasteiger partial charge in [0.25, 0.3) is 10.0 Å². The number of hydrogen-bond donors (Lipinski definition) is 0. The van der Waals surface area contributed by atoms with Crippen LogP contribution in [0.4, 0.5) is 0 Å². The first-order valence-electron chi connectivity index (χ1n) is 11.0. The lowest BCUT2D eigenvalue weighted by Crippen LogP contribution is -2.36. The van der Waals surface area contributed by atoms with Crippen molar-refractivity contribution in [1.29, 1.82) is 0 Å². The SMILES string of the molecule is CCOC(=O)C(C(=O)OCC)C(C[N+](=O)[O-])c1cn(S(=O)(=O)c2ccc(C)cc2)c2ccccc12. The highest BCUT2D eigenvalue weighted by atomic mass is 32.2. The molecule has 1 unspecified atom stereocenters. The Morgan fingerprint density at radius 1 is 1.00 bits per heavy atom. The van der Waals surface area contributed by atoms with Crippen LogP contribution in [0.2, 0.25) is 0 Å². The largest absolute Gasteiger partial charge is 0.465 e. The summed E-state index contributed by atoms with van der Waals surface area (Å²) in [5, 5.41) is 12.0. The zero-order valence-corrected chi connectivity index (χ0v) is 20.4. The number of esters is 2. The predicted octanol–water partition coefficient (Wildman–Crippen LogP) is 3.29. The molecule has 0 fully saturated rings. The highest BCUT2D eigenvalue weighted by Gasteiger charge is 2.43. The number of nitrogens with zero attached hydrogens (tertiary/aromatic N) is 2. The van der Waals surface area contributed by atoms with Gasteiger partial charge in [-0.15, -0.1) is 0 Å². The Hall–Kier alpha value is -3.73. The fraction of sp³-hybridized carbons (Fsp3) is 0.333. The van der Waals surface area contributed by atoms with E-state index in [-0.39, 0.29) is 29.2 Å². The van der Waals surface area contributed by atoms with E-state index in [1.54, 1.807) is 50.2 Å². The molecule has 0 spiro atoms. The van der Waals surface area contributed by atoms with Crippen molar-refractivity contribution in [2.24, 2.45) is 5.92 Å². The zero-order chi connectivity index (χ0) is 25.8. The monoisotopic (exact) mass is 502 g/mol. The van der Waals surface area contributed by atoms with Crippen molar-refractivity contribution in [2.45, 2.75) is 31.6 Å². The molecule has 0 bridgehead atoms. The number of aryl methyl sites for hydroxylation is 1. The van der Waals surface area contributed by atoms with Gasteiger partial charge in [-0.1, -0.05) is 35.9 Å². The van der Waals surface area contributed by atoms with Gasteiger partial charge < -0.3 is 9.47 Å². The predicted molar refractivity (Wildman–Crippen MR) is 127 cm³/mol. The van der Waals surface area contributed by atoms with E-state index in [4.69, 9.17) is 9.47 Å². The van der Waals surface area contributed by atoms with Gasteiger partial charge in [-0.2, -0.15) is 0 Å². The molecule has 0 aliphatic rings. The minimum atomic E-state index is -4.10. The van der Waals surface area contributed by atoms with Crippen molar-refractivity contribution in [3.8, 4) is 0 Å². The third-order valence-electron chi connectivity index (χ3n) is 5.52. The molecule has 3 rings (SSSR count). The van der Waals surface area contributed by atoms with Gasteiger partial charge in [-0.3, -0.25) is 19.7 Å². The van der Waals surface area contributed by atoms with Crippen LogP contribution in [0.5, 0.6) is 0 Å². The lowest BCUT2D eigenvalue weighted by molar-refractivity contribution is -0.484. The van der Waals surface area contributed by atoms with E-state index < -0.39 is 45.3 Å². The molecule has 0 radical (unpaired) electrons. The second-order valence-corrected chi connectivity index (χ2v) is 9.63. The molecule has 1 heterocycles. The Bertz CT molecular complexity index is 1330. The van der Waals surface area contributed by atoms with Crippen LogP contribution in [0, 0.1) is 23.0 Å². The lowest BCUT2D eigenvalue weighted by atomic mass is 9.85. The van der Waals surface area contributed by atoms with E-state index in [0.29, 0.717) is 5.39 Å². The van der Waals surface area contributed by atoms with Crippen molar-refractivity contribution in [3.63, 3.8) is 0 Å². The van der Waals surface area contributed by atoms with Crippen LogP contribution in [0.15, 0.2) is 59.6 Å². The standard InChI is InChI=1S/C24H26N2O8S/c1-4-33-23(27)22(24(28)34-5-2)20(15-26(29)30)19-14-25(21-9-7-6-8-18(19)21)35(31,32)17-12-10-16(3)11-13-17/h6-14,20,22H,4-5,15H2,1-3H3. The van der Waals surface area contributed by atoms with Crippen molar-refractivity contribution in [3.05, 3.63) is 76.0 Å². The molecule has 3 aromatic rings. The number of carbonyl (C=O) groups is 2. The molecule has 2 aromatic carbocycles. The van der Waals surface area contributed by atoms with Crippen molar-refractivity contribution in [1.82, 2.24) is 3.97 Å². The Labute approximate surface area is 202 Å². The molecule has 186 valence electrons. The highest BCUT2D eigenvalue weighted by molar-refractivity contribution is 7.90. The van der Waals surface area contributed by atoms with Crippen LogP contribution in [-0.4, -0.2) is 49.0 Å². The summed E-state index contributed by atoms with van der Waals surface area (Å²) in [6.07, 6.45) is 1.24. The number of para-hydroxylation sites is 1. The van der Waals surface area contributed by atoms with Crippen molar-refractivity contribution < 1.29 is 32.4 Å². The maximum absolute atomic E-state index is 13.5. The minimum Gasteiger partial charge on any atom is -0.465 e. The molecule has 1 aromatic heterocycles. The average Bonchev–Trinajstić information content (AvgIpc) is 3.19. The summed E-state index contributed by atoms with van der Waals surface area (Å²) in [7, 11) is -4.10. The number of ether oxygens (including phenoxy) is 2. The van der Waals surface area contributed by atoms with Crippen LogP contribution < -0.4 is 0 Å². The van der Waals surface area contributed by atoms with Gasteiger partial charge >= 0.3 is 11.9 Å². The smallest absolute Gasteiger partial charge is 0.321 e. The minimum absolute atomic E-state index is 0.0218. The number of nitro groups is 1. The topological polar surface area (TPSA) is 135 Å². The van der Waals surface area contributed by atoms with E-state index >= 15 is 0 Å². The van der Waals surface area contributed by atoms with Crippen LogP contribution >= 0.6 is 0 Å². The van der Waals surface area contributed by atoms with Crippen molar-refractivity contribution in [2.75, 3.05) is 19.8 Å². The number of benzene rings is 2. The first-order chi connectivity index (χ1) is 16.6. The van der Waals surface area contributed by atoms with Crippen LogP contribution in [-0.2, 0) is 29.1 Å². The first kappa shape index (κ1) is 25.9. The molecule has 10 nitrogen and oxygen atoms in total. The van der Waals surface area contributed by atoms with Crippen LogP contribution in [0.25, 0.3) is 10.9 Å². The number of carbonyl (C=O) groups excluding carboxylic acids is 2. The second-order valence-electron chi connectivity index (χ2n) is 7.82. The zero-order valence-electron chi connectivity index (χ0n) is 19.5. The van der Waals surface area contributed by atoms with E-state index in [0.717, 1.165) is 9.54 Å². The molecular formula is C24H26N2O8S. The molecular weight excluding hydrogens is 476 g/mol. The molecule has 11 heteroatoms. The first-order valence-corrected chi connectivity index (χ1v) is 12.4. The summed E-state index contributed by atoms with van der Waals surface area (Å²) in [4.78, 5) is 36.5. The Morgan fingerprint density at radius 3 is 2.11 bits per heavy atom. The quantitative estimate of drug-likeness (QED) is 0.178. The number of fused-ring (bicyclic) bond motifs is 1. The van der Waals surface area contributed by atoms with Crippen LogP contribution in [0.3, 0.4) is 0 Å². The molecule has 0 amide bonds. The molecule has 0 saturated carbocycles. The Morgan fingerprint density at radius 2 is 1.57 bits per heavy atom. The van der Waals surface area contributed by atoms with Crippen LogP contribution in [0.1, 0.15) is 30.9 Å². The van der Waals surface area contributed by atoms with E-state index in [9.17, 15) is 28.1 Å². The molecule has 0 N–H and O–H groups in total. The average molecular weight is 503 g/mol. The fourth-order valence-corrected chi connectivity index (χ4v) is 5.30.